The molecule has 0 unspecified atom stereocenters. The summed E-state index contributed by atoms with van der Waals surface area (Å²) in [4.78, 5) is 0. The Morgan fingerprint density at radius 3 is 2.19 bits per heavy atom. The molecule has 1 aliphatic rings. The number of nitrogens with zero attached hydrogens (tertiary/aromatic N) is 2. The molecule has 0 atom stereocenters. The molecule has 3 aromatic carbocycles. The van der Waals surface area contributed by atoms with Crippen molar-refractivity contribution in [2.45, 2.75) is 12.8 Å². The maximum atomic E-state index is 5.64. The van der Waals surface area contributed by atoms with Crippen molar-refractivity contribution in [1.29, 1.82) is 0 Å². The summed E-state index contributed by atoms with van der Waals surface area (Å²) >= 11 is 2.32. The number of hydrogen-bond acceptors (Lipinski definition) is 4. The summed E-state index contributed by atoms with van der Waals surface area (Å²) in [5.74, 6) is 1.84. The van der Waals surface area contributed by atoms with Crippen LogP contribution in [0.2, 0.25) is 0 Å². The highest BCUT2D eigenvalue weighted by atomic mass is 127. The van der Waals surface area contributed by atoms with Gasteiger partial charge in [-0.2, -0.15) is 5.10 Å². The molecule has 1 aliphatic carbocycles. The van der Waals surface area contributed by atoms with Crippen molar-refractivity contribution in [2.24, 2.45) is 0 Å². The summed E-state index contributed by atoms with van der Waals surface area (Å²) in [6, 6.07) is 21.0. The third-order valence-electron chi connectivity index (χ3n) is 5.91. The minimum absolute atomic E-state index is 0.582. The van der Waals surface area contributed by atoms with E-state index in [9.17, 15) is 0 Å². The van der Waals surface area contributed by atoms with Crippen LogP contribution in [0.1, 0.15) is 11.1 Å². The van der Waals surface area contributed by atoms with E-state index in [1.54, 1.807) is 21.3 Å². The zero-order chi connectivity index (χ0) is 22.2. The highest BCUT2D eigenvalue weighted by Crippen LogP contribution is 2.45. The van der Waals surface area contributed by atoms with Crippen LogP contribution >= 0.6 is 22.6 Å². The van der Waals surface area contributed by atoms with Gasteiger partial charge >= 0.3 is 0 Å². The molecule has 0 amide bonds. The Morgan fingerprint density at radius 1 is 0.844 bits per heavy atom. The quantitative estimate of drug-likeness (QED) is 0.296. The van der Waals surface area contributed by atoms with Crippen LogP contribution in [0.25, 0.3) is 28.2 Å². The summed E-state index contributed by atoms with van der Waals surface area (Å²) in [6.45, 7) is 0. The second kappa shape index (κ2) is 8.50. The molecular formula is C26H23IN2O3. The van der Waals surface area contributed by atoms with Crippen molar-refractivity contribution in [3.63, 3.8) is 0 Å². The highest BCUT2D eigenvalue weighted by Gasteiger charge is 2.27. The summed E-state index contributed by atoms with van der Waals surface area (Å²) in [5, 5.41) is 5.12. The van der Waals surface area contributed by atoms with Crippen LogP contribution in [0.5, 0.6) is 17.2 Å². The van der Waals surface area contributed by atoms with Gasteiger partial charge in [-0.1, -0.05) is 24.3 Å². The molecule has 4 aromatic rings. The van der Waals surface area contributed by atoms with Crippen LogP contribution in [0.3, 0.4) is 0 Å². The molecule has 0 N–H and O–H groups in total. The minimum Gasteiger partial charge on any atom is -0.493 e. The first kappa shape index (κ1) is 20.9. The molecule has 0 saturated heterocycles. The Morgan fingerprint density at radius 2 is 1.53 bits per heavy atom. The Labute approximate surface area is 201 Å². The first-order valence-electron chi connectivity index (χ1n) is 10.4. The molecule has 0 spiro atoms. The Kier molecular flexibility index (Phi) is 5.55. The van der Waals surface area contributed by atoms with Gasteiger partial charge in [0.25, 0.3) is 0 Å². The summed E-state index contributed by atoms with van der Waals surface area (Å²) in [6.07, 6.45) is 1.90. The number of rotatable bonds is 5. The topological polar surface area (TPSA) is 45.5 Å². The van der Waals surface area contributed by atoms with Gasteiger partial charge in [0.2, 0.25) is 5.75 Å². The van der Waals surface area contributed by atoms with E-state index < -0.39 is 0 Å². The lowest BCUT2D eigenvalue weighted by molar-refractivity contribution is 0.324. The zero-order valence-electron chi connectivity index (χ0n) is 18.2. The monoisotopic (exact) mass is 538 g/mol. The zero-order valence-corrected chi connectivity index (χ0v) is 20.3. The molecule has 6 heteroatoms. The second-order valence-corrected chi connectivity index (χ2v) is 8.88. The molecule has 162 valence electrons. The largest absolute Gasteiger partial charge is 0.493 e. The summed E-state index contributed by atoms with van der Waals surface area (Å²) in [5.41, 5.74) is 7.85. The SMILES string of the molecule is COc1cc(-c2c3c(nn2-c2ccc(I)cc2)-c2ccccc2CC3)cc(OC)c1OC. The third-order valence-corrected chi connectivity index (χ3v) is 6.63. The van der Waals surface area contributed by atoms with Gasteiger partial charge in [-0.15, -0.1) is 0 Å². The fraction of sp³-hybridized carbons (Fsp3) is 0.192. The first-order valence-corrected chi connectivity index (χ1v) is 11.5. The van der Waals surface area contributed by atoms with Crippen molar-refractivity contribution in [2.75, 3.05) is 21.3 Å². The van der Waals surface area contributed by atoms with E-state index in [4.69, 9.17) is 19.3 Å². The Hall–Kier alpha value is -3.00. The number of hydrogen-bond donors (Lipinski definition) is 0. The van der Waals surface area contributed by atoms with Crippen LogP contribution in [-0.2, 0) is 12.8 Å². The van der Waals surface area contributed by atoms with Crippen LogP contribution in [0.4, 0.5) is 0 Å². The standard InChI is InChI=1S/C26H23IN2O3/c1-30-22-14-17(15-23(31-2)26(22)32-3)25-21-13-8-16-6-4-5-7-20(16)24(21)28-29(25)19-11-9-18(27)10-12-19/h4-7,9-12,14-15H,8,13H2,1-3H3. The maximum absolute atomic E-state index is 5.64. The van der Waals surface area contributed by atoms with E-state index in [1.165, 1.54) is 20.3 Å². The molecule has 0 bridgehead atoms. The molecule has 32 heavy (non-hydrogen) atoms. The van der Waals surface area contributed by atoms with E-state index in [1.807, 2.05) is 16.8 Å². The fourth-order valence-electron chi connectivity index (χ4n) is 4.42. The van der Waals surface area contributed by atoms with E-state index in [0.717, 1.165) is 35.5 Å². The number of aromatic nitrogens is 2. The van der Waals surface area contributed by atoms with Crippen LogP contribution in [-0.4, -0.2) is 31.1 Å². The van der Waals surface area contributed by atoms with Gasteiger partial charge in [0.05, 0.1) is 38.4 Å². The lowest BCUT2D eigenvalue weighted by Crippen LogP contribution is -2.04. The van der Waals surface area contributed by atoms with Gasteiger partial charge in [-0.05, 0) is 77.4 Å². The summed E-state index contributed by atoms with van der Waals surface area (Å²) in [7, 11) is 4.90. The van der Waals surface area contributed by atoms with Gasteiger partial charge in [0, 0.05) is 20.3 Å². The van der Waals surface area contributed by atoms with E-state index in [2.05, 4.69) is 71.1 Å². The first-order chi connectivity index (χ1) is 15.6. The van der Waals surface area contributed by atoms with Gasteiger partial charge in [-0.3, -0.25) is 0 Å². The van der Waals surface area contributed by atoms with Crippen LogP contribution < -0.4 is 14.2 Å². The fourth-order valence-corrected chi connectivity index (χ4v) is 4.78. The average Bonchev–Trinajstić information content (AvgIpc) is 3.23. The van der Waals surface area contributed by atoms with Crippen molar-refractivity contribution < 1.29 is 14.2 Å². The molecule has 0 saturated carbocycles. The number of halogens is 1. The molecule has 5 nitrogen and oxygen atoms in total. The van der Waals surface area contributed by atoms with Crippen LogP contribution in [0, 0.1) is 3.57 Å². The molecule has 1 heterocycles. The molecule has 1 aromatic heterocycles. The smallest absolute Gasteiger partial charge is 0.203 e. The van der Waals surface area contributed by atoms with Crippen molar-refractivity contribution in [3.05, 3.63) is 75.4 Å². The van der Waals surface area contributed by atoms with Gasteiger partial charge in [0.15, 0.2) is 11.5 Å². The number of ether oxygens (including phenoxy) is 3. The molecule has 0 radical (unpaired) electrons. The summed E-state index contributed by atoms with van der Waals surface area (Å²) < 4.78 is 20.1. The number of aryl methyl sites for hydroxylation is 1. The Bertz CT molecular complexity index is 1270. The van der Waals surface area contributed by atoms with Gasteiger partial charge < -0.3 is 14.2 Å². The maximum Gasteiger partial charge on any atom is 0.203 e. The predicted molar refractivity (Wildman–Crippen MR) is 134 cm³/mol. The number of benzene rings is 3. The highest BCUT2D eigenvalue weighted by molar-refractivity contribution is 14.1. The average molecular weight is 538 g/mol. The van der Waals surface area contributed by atoms with Crippen molar-refractivity contribution in [3.8, 4) is 45.5 Å². The van der Waals surface area contributed by atoms with Gasteiger partial charge in [0.1, 0.15) is 0 Å². The van der Waals surface area contributed by atoms with Crippen molar-refractivity contribution in [1.82, 2.24) is 9.78 Å². The van der Waals surface area contributed by atoms with E-state index >= 15 is 0 Å². The molecule has 5 rings (SSSR count). The van der Waals surface area contributed by atoms with E-state index in [0.29, 0.717) is 17.2 Å². The molecular weight excluding hydrogens is 515 g/mol. The molecule has 0 aliphatic heterocycles. The number of methoxy groups -OCH3 is 3. The lowest BCUT2D eigenvalue weighted by Gasteiger charge is -2.18. The third kappa shape index (κ3) is 3.43. The van der Waals surface area contributed by atoms with Crippen LogP contribution in [0.15, 0.2) is 60.7 Å². The normalized spacial score (nSPS) is 12.1. The number of fused-ring (bicyclic) bond motifs is 3. The predicted octanol–water partition coefficient (Wildman–Crippen LogP) is 5.94. The molecule has 0 fully saturated rings. The second-order valence-electron chi connectivity index (χ2n) is 7.64. The van der Waals surface area contributed by atoms with E-state index in [-0.39, 0.29) is 0 Å². The lowest BCUT2D eigenvalue weighted by atomic mass is 9.88. The van der Waals surface area contributed by atoms with Gasteiger partial charge in [-0.25, -0.2) is 4.68 Å². The Balaban J connectivity index is 1.81. The minimum atomic E-state index is 0.582. The van der Waals surface area contributed by atoms with Crippen molar-refractivity contribution >= 4 is 22.6 Å².